The van der Waals surface area contributed by atoms with Gasteiger partial charge in [0.05, 0.1) is 6.10 Å². The fourth-order valence-corrected chi connectivity index (χ4v) is 4.70. The zero-order valence-corrected chi connectivity index (χ0v) is 5.90. The molecule has 0 aromatic carbocycles. The van der Waals surface area contributed by atoms with Gasteiger partial charge in [0, 0.05) is 0 Å². The van der Waals surface area contributed by atoms with Gasteiger partial charge in [0.15, 0.2) is 0 Å². The molecule has 5 saturated carbocycles. The van der Waals surface area contributed by atoms with E-state index in [2.05, 4.69) is 0 Å². The molecule has 1 N–H and O–H groups in total. The first-order chi connectivity index (χ1) is 4.88. The number of hydrogen-bond donors (Lipinski definition) is 1. The van der Waals surface area contributed by atoms with Crippen LogP contribution in [0.4, 0.5) is 0 Å². The van der Waals surface area contributed by atoms with Crippen molar-refractivity contribution in [2.75, 3.05) is 0 Å². The van der Waals surface area contributed by atoms with Crippen molar-refractivity contribution in [1.82, 2.24) is 0 Å². The number of aliphatic hydroxyl groups excluding tert-OH is 1. The van der Waals surface area contributed by atoms with Gasteiger partial charge >= 0.3 is 0 Å². The topological polar surface area (TPSA) is 20.2 Å². The highest BCUT2D eigenvalue weighted by Gasteiger charge is 2.77. The average molecular weight is 136 g/mol. The Balaban J connectivity index is 1.93. The summed E-state index contributed by atoms with van der Waals surface area (Å²) in [5, 5.41) is 9.61. The Hall–Kier alpha value is -0.0400. The Morgan fingerprint density at radius 3 is 2.10 bits per heavy atom. The largest absolute Gasteiger partial charge is 0.393 e. The van der Waals surface area contributed by atoms with Gasteiger partial charge in [0.2, 0.25) is 0 Å². The molecule has 5 aliphatic rings. The van der Waals surface area contributed by atoms with E-state index in [4.69, 9.17) is 0 Å². The van der Waals surface area contributed by atoms with Gasteiger partial charge in [-0.3, -0.25) is 0 Å². The van der Waals surface area contributed by atoms with E-state index in [1.807, 2.05) is 0 Å². The Morgan fingerprint density at radius 1 is 0.800 bits per heavy atom. The number of aliphatic hydroxyl groups is 1. The fraction of sp³-hybridized carbons (Fsp3) is 1.00. The maximum absolute atomic E-state index is 9.61. The van der Waals surface area contributed by atoms with Gasteiger partial charge in [0.25, 0.3) is 0 Å². The highest BCUT2D eigenvalue weighted by molar-refractivity contribution is 5.25. The van der Waals surface area contributed by atoms with Crippen molar-refractivity contribution < 1.29 is 5.11 Å². The molecule has 54 valence electrons. The van der Waals surface area contributed by atoms with E-state index in [9.17, 15) is 5.11 Å². The van der Waals surface area contributed by atoms with Crippen LogP contribution in [0.5, 0.6) is 0 Å². The third kappa shape index (κ3) is 0.268. The molecule has 0 aromatic heterocycles. The Labute approximate surface area is 60.4 Å². The fourth-order valence-electron chi connectivity index (χ4n) is 4.70. The van der Waals surface area contributed by atoms with Crippen molar-refractivity contribution in [3.8, 4) is 0 Å². The van der Waals surface area contributed by atoms with Gasteiger partial charge in [-0.25, -0.2) is 0 Å². The summed E-state index contributed by atoms with van der Waals surface area (Å²) in [5.74, 6) is 5.96. The third-order valence-corrected chi connectivity index (χ3v) is 4.78. The van der Waals surface area contributed by atoms with Crippen LogP contribution in [0.15, 0.2) is 0 Å². The van der Waals surface area contributed by atoms with Crippen LogP contribution in [0.2, 0.25) is 0 Å². The lowest BCUT2D eigenvalue weighted by atomic mass is 9.98. The summed E-state index contributed by atoms with van der Waals surface area (Å²) >= 11 is 0. The smallest absolute Gasteiger partial charge is 0.0576 e. The van der Waals surface area contributed by atoms with Gasteiger partial charge in [-0.2, -0.15) is 0 Å². The van der Waals surface area contributed by atoms with E-state index >= 15 is 0 Å². The SMILES string of the molecule is O[C@@H]1C[C@H]2[C@H]3C[C@H]4[C@H]2[C@H]4[C@H]31. The molecule has 0 saturated heterocycles. The molecule has 10 heavy (non-hydrogen) atoms. The molecule has 0 heterocycles. The van der Waals surface area contributed by atoms with Gasteiger partial charge < -0.3 is 5.11 Å². The lowest BCUT2D eigenvalue weighted by molar-refractivity contribution is 0.104. The molecule has 0 spiro atoms. The second-order valence-electron chi connectivity index (χ2n) is 4.76. The van der Waals surface area contributed by atoms with E-state index in [0.29, 0.717) is 0 Å². The van der Waals surface area contributed by atoms with Gasteiger partial charge in [-0.05, 0) is 48.3 Å². The molecule has 0 unspecified atom stereocenters. The minimum absolute atomic E-state index is 0.115. The van der Waals surface area contributed by atoms with Crippen LogP contribution in [-0.2, 0) is 0 Å². The van der Waals surface area contributed by atoms with E-state index in [1.54, 1.807) is 0 Å². The van der Waals surface area contributed by atoms with Crippen LogP contribution >= 0.6 is 0 Å². The Morgan fingerprint density at radius 2 is 1.60 bits per heavy atom. The summed E-state index contributed by atoms with van der Waals surface area (Å²) in [4.78, 5) is 0. The number of hydrogen-bond acceptors (Lipinski definition) is 1. The number of rotatable bonds is 0. The van der Waals surface area contributed by atoms with Crippen LogP contribution in [0.1, 0.15) is 12.8 Å². The maximum Gasteiger partial charge on any atom is 0.0576 e. The van der Waals surface area contributed by atoms with Crippen LogP contribution in [0, 0.1) is 35.5 Å². The molecule has 7 atom stereocenters. The van der Waals surface area contributed by atoms with Crippen LogP contribution in [0.3, 0.4) is 0 Å². The molecule has 0 aliphatic heterocycles. The molecule has 5 rings (SSSR count). The van der Waals surface area contributed by atoms with E-state index < -0.39 is 0 Å². The molecule has 5 aliphatic carbocycles. The second-order valence-corrected chi connectivity index (χ2v) is 4.76. The van der Waals surface area contributed by atoms with E-state index in [1.165, 1.54) is 6.42 Å². The Kier molecular flexibility index (Phi) is 0.513. The maximum atomic E-state index is 9.61. The van der Waals surface area contributed by atoms with E-state index in [0.717, 1.165) is 41.9 Å². The molecule has 0 aromatic rings. The molecule has 1 heteroatoms. The van der Waals surface area contributed by atoms with Crippen molar-refractivity contribution in [3.05, 3.63) is 0 Å². The van der Waals surface area contributed by atoms with Gasteiger partial charge in [0.1, 0.15) is 0 Å². The quantitative estimate of drug-likeness (QED) is 0.524. The van der Waals surface area contributed by atoms with Gasteiger partial charge in [-0.15, -0.1) is 0 Å². The molecular formula is C9H12O. The van der Waals surface area contributed by atoms with Crippen LogP contribution in [-0.4, -0.2) is 11.2 Å². The summed E-state index contributed by atoms with van der Waals surface area (Å²) in [7, 11) is 0. The minimum Gasteiger partial charge on any atom is -0.393 e. The van der Waals surface area contributed by atoms with Crippen LogP contribution in [0.25, 0.3) is 0 Å². The highest BCUT2D eigenvalue weighted by atomic mass is 16.3. The lowest BCUT2D eigenvalue weighted by Crippen LogP contribution is -2.18. The summed E-state index contributed by atoms with van der Waals surface area (Å²) in [6.45, 7) is 0. The zero-order chi connectivity index (χ0) is 6.46. The Bertz CT molecular complexity index is 213. The van der Waals surface area contributed by atoms with Crippen molar-refractivity contribution >= 4 is 0 Å². The van der Waals surface area contributed by atoms with Crippen molar-refractivity contribution in [1.29, 1.82) is 0 Å². The van der Waals surface area contributed by atoms with Crippen molar-refractivity contribution in [2.24, 2.45) is 35.5 Å². The summed E-state index contributed by atoms with van der Waals surface area (Å²) in [6, 6.07) is 0. The second kappa shape index (κ2) is 1.08. The van der Waals surface area contributed by atoms with Crippen LogP contribution < -0.4 is 0 Å². The van der Waals surface area contributed by atoms with Crippen molar-refractivity contribution in [3.63, 3.8) is 0 Å². The summed E-state index contributed by atoms with van der Waals surface area (Å²) in [6.07, 6.45) is 2.76. The third-order valence-electron chi connectivity index (χ3n) is 4.78. The minimum atomic E-state index is 0.115. The first-order valence-corrected chi connectivity index (χ1v) is 4.56. The lowest BCUT2D eigenvalue weighted by Gasteiger charge is -2.14. The predicted molar refractivity (Wildman–Crippen MR) is 36.2 cm³/mol. The first-order valence-electron chi connectivity index (χ1n) is 4.56. The molecular weight excluding hydrogens is 124 g/mol. The van der Waals surface area contributed by atoms with E-state index in [-0.39, 0.29) is 6.10 Å². The molecule has 5 fully saturated rings. The highest BCUT2D eigenvalue weighted by Crippen LogP contribution is 2.80. The monoisotopic (exact) mass is 136 g/mol. The molecule has 1 nitrogen and oxygen atoms in total. The molecule has 0 amide bonds. The van der Waals surface area contributed by atoms with Crippen molar-refractivity contribution in [2.45, 2.75) is 18.9 Å². The van der Waals surface area contributed by atoms with Gasteiger partial charge in [-0.1, -0.05) is 0 Å². The summed E-state index contributed by atoms with van der Waals surface area (Å²) < 4.78 is 0. The normalized spacial score (nSPS) is 80.7. The molecule has 0 radical (unpaired) electrons. The average Bonchev–Trinajstić information content (AvgIpc) is 2.34. The molecule has 6 bridgehead atoms. The summed E-state index contributed by atoms with van der Waals surface area (Å²) in [5.41, 5.74) is 0. The first kappa shape index (κ1) is 4.76. The predicted octanol–water partition coefficient (Wildman–Crippen LogP) is 0.879. The zero-order valence-electron chi connectivity index (χ0n) is 5.90. The standard InChI is InChI=1S/C9H12O/c10-6-2-4-3-1-5-7(4)9(5)8(3)6/h3-10H,1-2H2/t3-,4+,5+,6-,7+,8-,9+/m1/s1.